The van der Waals surface area contributed by atoms with E-state index in [-0.39, 0.29) is 6.10 Å². The van der Waals surface area contributed by atoms with E-state index in [0.717, 1.165) is 42.8 Å². The predicted octanol–water partition coefficient (Wildman–Crippen LogP) is 1.84. The third-order valence-electron chi connectivity index (χ3n) is 2.87. The first kappa shape index (κ1) is 11.2. The van der Waals surface area contributed by atoms with Gasteiger partial charge in [-0.3, -0.25) is 4.68 Å². The first-order valence-corrected chi connectivity index (χ1v) is 5.75. The smallest absolute Gasteiger partial charge is 0.164 e. The Hall–Kier alpha value is -1.29. The van der Waals surface area contributed by atoms with Gasteiger partial charge in [0.1, 0.15) is 5.69 Å². The first-order chi connectivity index (χ1) is 7.76. The van der Waals surface area contributed by atoms with E-state index in [0.29, 0.717) is 0 Å². The van der Waals surface area contributed by atoms with Gasteiger partial charge in [0.15, 0.2) is 5.75 Å². The molecule has 16 heavy (non-hydrogen) atoms. The molecule has 0 saturated carbocycles. The van der Waals surface area contributed by atoms with Crippen molar-refractivity contribution in [1.29, 1.82) is 0 Å². The van der Waals surface area contributed by atoms with E-state index in [9.17, 15) is 5.11 Å². The van der Waals surface area contributed by atoms with Crippen LogP contribution in [0.3, 0.4) is 0 Å². The third kappa shape index (κ3) is 1.97. The average Bonchev–Trinajstić information content (AvgIpc) is 2.85. The van der Waals surface area contributed by atoms with Crippen molar-refractivity contribution in [3.63, 3.8) is 0 Å². The van der Waals surface area contributed by atoms with Gasteiger partial charge in [0.2, 0.25) is 0 Å². The molecule has 1 aromatic rings. The van der Waals surface area contributed by atoms with Crippen LogP contribution in [0.1, 0.15) is 31.9 Å². The van der Waals surface area contributed by atoms with E-state index >= 15 is 0 Å². The second-order valence-electron chi connectivity index (χ2n) is 4.08. The van der Waals surface area contributed by atoms with Gasteiger partial charge in [-0.05, 0) is 24.8 Å². The van der Waals surface area contributed by atoms with Crippen LogP contribution in [0.2, 0.25) is 0 Å². The lowest BCUT2D eigenvalue weighted by Gasteiger charge is -2.08. The summed E-state index contributed by atoms with van der Waals surface area (Å²) in [6.45, 7) is 3.00. The van der Waals surface area contributed by atoms with Crippen molar-refractivity contribution in [2.45, 2.75) is 38.8 Å². The van der Waals surface area contributed by atoms with E-state index in [1.807, 2.05) is 10.8 Å². The number of hydrogen-bond donors (Lipinski definition) is 1. The molecule has 0 bridgehead atoms. The molecule has 0 saturated heterocycles. The fourth-order valence-corrected chi connectivity index (χ4v) is 2.12. The summed E-state index contributed by atoms with van der Waals surface area (Å²) >= 11 is 0. The van der Waals surface area contributed by atoms with E-state index in [1.165, 1.54) is 0 Å². The molecule has 4 heteroatoms. The molecular formula is C12H18N2O2. The van der Waals surface area contributed by atoms with Crippen LogP contribution >= 0.6 is 0 Å². The van der Waals surface area contributed by atoms with Gasteiger partial charge in [0, 0.05) is 6.54 Å². The normalized spacial score (nSPS) is 19.9. The van der Waals surface area contributed by atoms with Crippen molar-refractivity contribution in [1.82, 2.24) is 9.78 Å². The van der Waals surface area contributed by atoms with Crippen LogP contribution in [0.15, 0.2) is 12.3 Å². The number of ether oxygens (including phenoxy) is 1. The Morgan fingerprint density at radius 1 is 1.62 bits per heavy atom. The fraction of sp³-hybridized carbons (Fsp3) is 0.583. The van der Waals surface area contributed by atoms with Crippen LogP contribution < -0.4 is 4.74 Å². The van der Waals surface area contributed by atoms with Crippen molar-refractivity contribution < 1.29 is 9.84 Å². The van der Waals surface area contributed by atoms with Crippen molar-refractivity contribution in [3.8, 4) is 5.75 Å². The summed E-state index contributed by atoms with van der Waals surface area (Å²) in [5, 5.41) is 13.9. The van der Waals surface area contributed by atoms with E-state index in [4.69, 9.17) is 4.74 Å². The van der Waals surface area contributed by atoms with Gasteiger partial charge in [0.25, 0.3) is 0 Å². The van der Waals surface area contributed by atoms with Crippen LogP contribution in [-0.2, 0) is 6.54 Å². The Kier molecular flexibility index (Phi) is 3.29. The fourth-order valence-electron chi connectivity index (χ4n) is 2.12. The van der Waals surface area contributed by atoms with Crippen LogP contribution in [0, 0.1) is 0 Å². The quantitative estimate of drug-likeness (QED) is 0.845. The molecule has 1 N–H and O–H groups in total. The number of rotatable bonds is 4. The lowest BCUT2D eigenvalue weighted by molar-refractivity contribution is 0.223. The molecule has 0 radical (unpaired) electrons. The zero-order valence-electron chi connectivity index (χ0n) is 9.81. The minimum absolute atomic E-state index is 0.315. The average molecular weight is 222 g/mol. The maximum absolute atomic E-state index is 9.54. The van der Waals surface area contributed by atoms with E-state index < -0.39 is 0 Å². The topological polar surface area (TPSA) is 47.3 Å². The standard InChI is InChI=1S/C12H18N2O2/c1-3-6-14-12(11(16-2)8-13-14)9-4-5-10(15)7-9/h7-8,10,15H,3-6H2,1-2H3. The summed E-state index contributed by atoms with van der Waals surface area (Å²) in [5.74, 6) is 0.800. The molecule has 0 amide bonds. The molecule has 1 heterocycles. The highest BCUT2D eigenvalue weighted by Crippen LogP contribution is 2.33. The third-order valence-corrected chi connectivity index (χ3v) is 2.87. The monoisotopic (exact) mass is 222 g/mol. The lowest BCUT2D eigenvalue weighted by atomic mass is 10.1. The lowest BCUT2D eigenvalue weighted by Crippen LogP contribution is -2.04. The van der Waals surface area contributed by atoms with Gasteiger partial charge < -0.3 is 9.84 Å². The van der Waals surface area contributed by atoms with Crippen LogP contribution in [0.25, 0.3) is 5.57 Å². The molecule has 4 nitrogen and oxygen atoms in total. The second kappa shape index (κ2) is 4.70. The van der Waals surface area contributed by atoms with Gasteiger partial charge >= 0.3 is 0 Å². The van der Waals surface area contributed by atoms with Crippen LogP contribution in [0.4, 0.5) is 0 Å². The molecule has 2 rings (SSSR count). The minimum Gasteiger partial charge on any atom is -0.493 e. The molecular weight excluding hydrogens is 204 g/mol. The van der Waals surface area contributed by atoms with Crippen LogP contribution in [0.5, 0.6) is 5.75 Å². The number of aliphatic hydroxyl groups excluding tert-OH is 1. The molecule has 1 atom stereocenters. The van der Waals surface area contributed by atoms with E-state index in [2.05, 4.69) is 12.0 Å². The highest BCUT2D eigenvalue weighted by molar-refractivity contribution is 5.69. The van der Waals surface area contributed by atoms with Gasteiger partial charge in [-0.2, -0.15) is 5.10 Å². The van der Waals surface area contributed by atoms with Gasteiger partial charge in [-0.15, -0.1) is 0 Å². The number of hydrogen-bond acceptors (Lipinski definition) is 3. The molecule has 0 spiro atoms. The SMILES string of the molecule is CCCn1ncc(OC)c1C1=CC(O)CC1. The maximum atomic E-state index is 9.54. The Labute approximate surface area is 95.5 Å². The summed E-state index contributed by atoms with van der Waals surface area (Å²) in [5.41, 5.74) is 2.18. The number of aliphatic hydroxyl groups is 1. The molecule has 0 aromatic carbocycles. The molecule has 0 aliphatic heterocycles. The Bertz CT molecular complexity index is 396. The summed E-state index contributed by atoms with van der Waals surface area (Å²) in [4.78, 5) is 0. The highest BCUT2D eigenvalue weighted by atomic mass is 16.5. The number of nitrogens with zero attached hydrogens (tertiary/aromatic N) is 2. The molecule has 1 unspecified atom stereocenters. The minimum atomic E-state index is -0.315. The predicted molar refractivity (Wildman–Crippen MR) is 62.3 cm³/mol. The van der Waals surface area contributed by atoms with Gasteiger partial charge in [-0.1, -0.05) is 13.0 Å². The maximum Gasteiger partial charge on any atom is 0.164 e. The molecule has 1 aliphatic carbocycles. The largest absolute Gasteiger partial charge is 0.493 e. The van der Waals surface area contributed by atoms with Crippen molar-refractivity contribution in [2.24, 2.45) is 0 Å². The number of allylic oxidation sites excluding steroid dienone is 1. The Morgan fingerprint density at radius 3 is 3.00 bits per heavy atom. The Morgan fingerprint density at radius 2 is 2.44 bits per heavy atom. The second-order valence-corrected chi connectivity index (χ2v) is 4.08. The number of aromatic nitrogens is 2. The summed E-state index contributed by atoms with van der Waals surface area (Å²) in [6.07, 6.45) is 6.07. The molecule has 0 fully saturated rings. The van der Waals surface area contributed by atoms with E-state index in [1.54, 1.807) is 13.3 Å². The molecule has 1 aliphatic rings. The van der Waals surface area contributed by atoms with Gasteiger partial charge in [0.05, 0.1) is 19.4 Å². The van der Waals surface area contributed by atoms with Crippen LogP contribution in [-0.4, -0.2) is 28.1 Å². The first-order valence-electron chi connectivity index (χ1n) is 5.75. The molecule has 1 aromatic heterocycles. The Balaban J connectivity index is 2.36. The number of methoxy groups -OCH3 is 1. The zero-order valence-corrected chi connectivity index (χ0v) is 9.81. The van der Waals surface area contributed by atoms with Gasteiger partial charge in [-0.25, -0.2) is 0 Å². The highest BCUT2D eigenvalue weighted by Gasteiger charge is 2.21. The summed E-state index contributed by atoms with van der Waals surface area (Å²) in [6, 6.07) is 0. The van der Waals surface area contributed by atoms with Crippen molar-refractivity contribution >= 4 is 5.57 Å². The summed E-state index contributed by atoms with van der Waals surface area (Å²) in [7, 11) is 1.66. The van der Waals surface area contributed by atoms with Crippen molar-refractivity contribution in [3.05, 3.63) is 18.0 Å². The summed E-state index contributed by atoms with van der Waals surface area (Å²) < 4.78 is 7.28. The van der Waals surface area contributed by atoms with Crippen molar-refractivity contribution in [2.75, 3.05) is 7.11 Å². The molecule has 88 valence electrons. The zero-order chi connectivity index (χ0) is 11.5. The number of aryl methyl sites for hydroxylation is 1.